The van der Waals surface area contributed by atoms with E-state index in [0.717, 1.165) is 11.3 Å². The summed E-state index contributed by atoms with van der Waals surface area (Å²) in [4.78, 5) is 17.0. The van der Waals surface area contributed by atoms with Gasteiger partial charge in [-0.15, -0.1) is 11.3 Å². The Morgan fingerprint density at radius 2 is 2.06 bits per heavy atom. The lowest BCUT2D eigenvalue weighted by Gasteiger charge is -2.38. The van der Waals surface area contributed by atoms with E-state index in [9.17, 15) is 18.3 Å². The van der Waals surface area contributed by atoms with E-state index in [1.54, 1.807) is 41.5 Å². The first-order valence-corrected chi connectivity index (χ1v) is 12.4. The predicted octanol–water partition coefficient (Wildman–Crippen LogP) is 2.33. The molecule has 170 valence electrons. The number of benzene rings is 1. The Bertz CT molecular complexity index is 1010. The van der Waals surface area contributed by atoms with E-state index in [1.165, 1.54) is 6.07 Å². The summed E-state index contributed by atoms with van der Waals surface area (Å²) in [5, 5.41) is 11.4. The number of fused-ring (bicyclic) bond motifs is 1. The SMILES string of the molecule is C[C@@H]1CN([C@H](C)CO)C(=O)c2cccc(NS(=O)(=O)c3cccs3)c2O[C@@H]1CN(C)C. The third kappa shape index (κ3) is 5.20. The van der Waals surface area contributed by atoms with Crippen molar-refractivity contribution >= 4 is 33.0 Å². The van der Waals surface area contributed by atoms with Crippen molar-refractivity contribution < 1.29 is 23.1 Å². The molecule has 0 fully saturated rings. The highest BCUT2D eigenvalue weighted by atomic mass is 32.2. The summed E-state index contributed by atoms with van der Waals surface area (Å²) < 4.78 is 34.7. The van der Waals surface area contributed by atoms with Crippen molar-refractivity contribution in [2.24, 2.45) is 5.92 Å². The maximum atomic E-state index is 13.4. The molecule has 1 amide bonds. The average molecular weight is 468 g/mol. The number of para-hydroxylation sites is 1. The van der Waals surface area contributed by atoms with E-state index >= 15 is 0 Å². The van der Waals surface area contributed by atoms with Gasteiger partial charge < -0.3 is 19.6 Å². The number of hydrogen-bond acceptors (Lipinski definition) is 7. The fraction of sp³-hybridized carbons (Fsp3) is 0.476. The predicted molar refractivity (Wildman–Crippen MR) is 121 cm³/mol. The monoisotopic (exact) mass is 467 g/mol. The fourth-order valence-corrected chi connectivity index (χ4v) is 5.57. The molecule has 31 heavy (non-hydrogen) atoms. The van der Waals surface area contributed by atoms with Crippen molar-refractivity contribution in [3.63, 3.8) is 0 Å². The van der Waals surface area contributed by atoms with Gasteiger partial charge in [0.1, 0.15) is 10.3 Å². The molecule has 0 unspecified atom stereocenters. The molecule has 3 atom stereocenters. The van der Waals surface area contributed by atoms with Crippen LogP contribution in [0.5, 0.6) is 5.75 Å². The van der Waals surface area contributed by atoms with Crippen molar-refractivity contribution in [3.05, 3.63) is 41.3 Å². The van der Waals surface area contributed by atoms with Crippen LogP contribution in [0.3, 0.4) is 0 Å². The Labute approximate surface area is 187 Å². The van der Waals surface area contributed by atoms with Gasteiger partial charge in [0.15, 0.2) is 5.75 Å². The van der Waals surface area contributed by atoms with Gasteiger partial charge in [0.2, 0.25) is 0 Å². The van der Waals surface area contributed by atoms with Crippen LogP contribution in [0.1, 0.15) is 24.2 Å². The Morgan fingerprint density at radius 1 is 1.32 bits per heavy atom. The highest BCUT2D eigenvalue weighted by Gasteiger charge is 2.34. The second-order valence-electron chi connectivity index (χ2n) is 8.10. The Kier molecular flexibility index (Phi) is 7.25. The summed E-state index contributed by atoms with van der Waals surface area (Å²) in [6, 6.07) is 7.65. The molecule has 2 aromatic rings. The number of nitrogens with zero attached hydrogens (tertiary/aromatic N) is 2. The number of sulfonamides is 1. The van der Waals surface area contributed by atoms with Crippen LogP contribution in [0.25, 0.3) is 0 Å². The number of ether oxygens (including phenoxy) is 1. The minimum absolute atomic E-state index is 0.0459. The minimum atomic E-state index is -3.82. The lowest BCUT2D eigenvalue weighted by Crippen LogP contribution is -2.49. The van der Waals surface area contributed by atoms with Crippen LogP contribution in [-0.2, 0) is 10.0 Å². The second kappa shape index (κ2) is 9.56. The molecule has 1 aliphatic rings. The standard InChI is InChI=1S/C21H29N3O5S2/c1-14-11-24(15(2)13-25)21(26)16-7-5-8-17(20(16)29-18(14)12-23(3)4)22-31(27,28)19-9-6-10-30-19/h5-10,14-15,18,22,25H,11-13H2,1-4H3/t14-,15-,18-/m1/s1. The summed E-state index contributed by atoms with van der Waals surface area (Å²) in [7, 11) is 0.0446. The van der Waals surface area contributed by atoms with Crippen molar-refractivity contribution in [2.75, 3.05) is 38.5 Å². The van der Waals surface area contributed by atoms with Gasteiger partial charge in [-0.05, 0) is 44.6 Å². The fourth-order valence-electron chi connectivity index (χ4n) is 3.51. The molecule has 0 spiro atoms. The van der Waals surface area contributed by atoms with E-state index in [4.69, 9.17) is 4.74 Å². The van der Waals surface area contributed by atoms with Gasteiger partial charge in [0.05, 0.1) is 23.9 Å². The van der Waals surface area contributed by atoms with E-state index < -0.39 is 10.0 Å². The highest BCUT2D eigenvalue weighted by molar-refractivity contribution is 7.94. The number of aliphatic hydroxyl groups is 1. The number of aliphatic hydroxyl groups excluding tert-OH is 1. The van der Waals surface area contributed by atoms with Gasteiger partial charge in [-0.1, -0.05) is 19.1 Å². The van der Waals surface area contributed by atoms with Crippen molar-refractivity contribution in [1.82, 2.24) is 9.80 Å². The Hall–Kier alpha value is -2.14. The first kappa shape index (κ1) is 23.5. The smallest absolute Gasteiger partial charge is 0.271 e. The average Bonchev–Trinajstić information content (AvgIpc) is 3.26. The zero-order valence-corrected chi connectivity index (χ0v) is 19.7. The normalized spacial score (nSPS) is 20.6. The molecule has 0 saturated heterocycles. The van der Waals surface area contributed by atoms with Gasteiger partial charge in [0, 0.05) is 19.0 Å². The van der Waals surface area contributed by atoms with Gasteiger partial charge >= 0.3 is 0 Å². The van der Waals surface area contributed by atoms with E-state index in [0.29, 0.717) is 13.1 Å². The molecule has 2 heterocycles. The molecule has 10 heteroatoms. The maximum absolute atomic E-state index is 13.4. The van der Waals surface area contributed by atoms with E-state index in [1.807, 2.05) is 25.9 Å². The zero-order chi connectivity index (χ0) is 22.8. The molecule has 0 aliphatic carbocycles. The molecular formula is C21H29N3O5S2. The zero-order valence-electron chi connectivity index (χ0n) is 18.1. The molecule has 0 radical (unpaired) electrons. The number of rotatable bonds is 7. The van der Waals surface area contributed by atoms with Gasteiger partial charge in [-0.2, -0.15) is 0 Å². The lowest BCUT2D eigenvalue weighted by molar-refractivity contribution is 0.0366. The van der Waals surface area contributed by atoms with Crippen LogP contribution in [-0.4, -0.2) is 75.2 Å². The molecular weight excluding hydrogens is 438 g/mol. The topological polar surface area (TPSA) is 99.2 Å². The Balaban J connectivity index is 2.09. The van der Waals surface area contributed by atoms with E-state index in [-0.39, 0.29) is 51.8 Å². The number of nitrogens with one attached hydrogen (secondary N) is 1. The summed E-state index contributed by atoms with van der Waals surface area (Å²) in [6.45, 7) is 4.61. The lowest BCUT2D eigenvalue weighted by atomic mass is 9.99. The number of anilines is 1. The first-order valence-electron chi connectivity index (χ1n) is 10.1. The maximum Gasteiger partial charge on any atom is 0.271 e. The summed E-state index contributed by atoms with van der Waals surface area (Å²) in [5.41, 5.74) is 0.482. The quantitative estimate of drug-likeness (QED) is 0.649. The largest absolute Gasteiger partial charge is 0.486 e. The highest BCUT2D eigenvalue weighted by Crippen LogP contribution is 2.36. The molecule has 3 rings (SSSR count). The molecule has 8 nitrogen and oxygen atoms in total. The number of hydrogen-bond donors (Lipinski definition) is 2. The molecule has 1 aromatic carbocycles. The molecule has 0 saturated carbocycles. The summed E-state index contributed by atoms with van der Waals surface area (Å²) in [5.74, 6) is -0.138. The molecule has 0 bridgehead atoms. The van der Waals surface area contributed by atoms with Gasteiger partial charge in [-0.3, -0.25) is 9.52 Å². The van der Waals surface area contributed by atoms with Crippen LogP contribution in [0.2, 0.25) is 0 Å². The molecule has 1 aromatic heterocycles. The van der Waals surface area contributed by atoms with Crippen molar-refractivity contribution in [3.8, 4) is 5.75 Å². The number of likely N-dealkylation sites (N-methyl/N-ethyl adjacent to an activating group) is 1. The molecule has 2 N–H and O–H groups in total. The number of amides is 1. The molecule has 1 aliphatic heterocycles. The van der Waals surface area contributed by atoms with Crippen molar-refractivity contribution in [1.29, 1.82) is 0 Å². The number of carbonyl (C=O) groups excluding carboxylic acids is 1. The Morgan fingerprint density at radius 3 is 2.68 bits per heavy atom. The number of carbonyl (C=O) groups is 1. The van der Waals surface area contributed by atoms with Gasteiger partial charge in [0.25, 0.3) is 15.9 Å². The second-order valence-corrected chi connectivity index (χ2v) is 11.0. The van der Waals surface area contributed by atoms with Crippen LogP contribution in [0, 0.1) is 5.92 Å². The third-order valence-electron chi connectivity index (χ3n) is 5.24. The summed E-state index contributed by atoms with van der Waals surface area (Å²) >= 11 is 1.11. The first-order chi connectivity index (χ1) is 14.6. The van der Waals surface area contributed by atoms with Crippen molar-refractivity contribution in [2.45, 2.75) is 30.2 Å². The van der Waals surface area contributed by atoms with Crippen LogP contribution < -0.4 is 9.46 Å². The van der Waals surface area contributed by atoms with E-state index in [2.05, 4.69) is 4.72 Å². The third-order valence-corrected chi connectivity index (χ3v) is 8.00. The minimum Gasteiger partial charge on any atom is -0.486 e. The number of thiophene rings is 1. The summed E-state index contributed by atoms with van der Waals surface area (Å²) in [6.07, 6.45) is -0.289. The van der Waals surface area contributed by atoms with Crippen LogP contribution in [0.15, 0.2) is 39.9 Å². The van der Waals surface area contributed by atoms with Crippen LogP contribution >= 0.6 is 11.3 Å². The van der Waals surface area contributed by atoms with Gasteiger partial charge in [-0.25, -0.2) is 8.42 Å². The van der Waals surface area contributed by atoms with Crippen LogP contribution in [0.4, 0.5) is 5.69 Å².